The van der Waals surface area contributed by atoms with Gasteiger partial charge < -0.3 is 5.32 Å². The third-order valence-electron chi connectivity index (χ3n) is 1.46. The molecule has 0 aromatic heterocycles. The second kappa shape index (κ2) is 5.48. The fraction of sp³-hybridized carbons (Fsp3) is 0.571. The van der Waals surface area contributed by atoms with Gasteiger partial charge in [-0.15, -0.1) is 0 Å². The third-order valence-corrected chi connectivity index (χ3v) is 2.30. The van der Waals surface area contributed by atoms with Crippen LogP contribution in [0.2, 0.25) is 0 Å². The summed E-state index contributed by atoms with van der Waals surface area (Å²) in [7, 11) is 3.78. The summed E-state index contributed by atoms with van der Waals surface area (Å²) in [5.74, 6) is 0. The lowest BCUT2D eigenvalue weighted by atomic mass is 10.3. The van der Waals surface area contributed by atoms with Crippen molar-refractivity contribution in [3.8, 4) is 0 Å². The Bertz CT molecular complexity index is 264. The van der Waals surface area contributed by atoms with Gasteiger partial charge in [0.05, 0.1) is 0 Å². The number of alkyl halides is 2. The number of nitrogens with zero attached hydrogens (tertiary/aromatic N) is 1. The Morgan fingerprint density at radius 2 is 1.79 bits per heavy atom. The molecule has 7 heteroatoms. The minimum absolute atomic E-state index is 0.0813. The van der Waals surface area contributed by atoms with Gasteiger partial charge >= 0.3 is 6.05 Å². The Hall–Kier alpha value is -0.390. The van der Waals surface area contributed by atoms with Crippen molar-refractivity contribution in [2.75, 3.05) is 21.1 Å². The minimum Gasteiger partial charge on any atom is -0.378 e. The molecular formula is C7H11Cl2F2N3. The van der Waals surface area contributed by atoms with E-state index in [1.807, 2.05) is 0 Å². The molecule has 2 N–H and O–H groups in total. The van der Waals surface area contributed by atoms with E-state index >= 15 is 0 Å². The smallest absolute Gasteiger partial charge is 0.346 e. The lowest BCUT2D eigenvalue weighted by molar-refractivity contribution is 0.0489. The second-order valence-corrected chi connectivity index (χ2v) is 3.03. The highest BCUT2D eigenvalue weighted by atomic mass is 35.5. The molecule has 14 heavy (non-hydrogen) atoms. The normalized spacial score (nSPS) is 15.2. The number of rotatable bonds is 4. The fourth-order valence-corrected chi connectivity index (χ4v) is 1.10. The van der Waals surface area contributed by atoms with Gasteiger partial charge in [0, 0.05) is 14.1 Å². The Kier molecular flexibility index (Phi) is 5.33. The van der Waals surface area contributed by atoms with E-state index < -0.39 is 11.8 Å². The lowest BCUT2D eigenvalue weighted by Gasteiger charge is -2.17. The van der Waals surface area contributed by atoms with Crippen LogP contribution in [0.4, 0.5) is 8.78 Å². The van der Waals surface area contributed by atoms with E-state index in [0.29, 0.717) is 0 Å². The van der Waals surface area contributed by atoms with Crippen molar-refractivity contribution in [3.63, 3.8) is 0 Å². The summed E-state index contributed by atoms with van der Waals surface area (Å²) in [5.41, 5.74) is -0.610. The fourth-order valence-electron chi connectivity index (χ4n) is 0.709. The summed E-state index contributed by atoms with van der Waals surface area (Å²) >= 11 is 11.1. The first-order valence-corrected chi connectivity index (χ1v) is 4.43. The summed E-state index contributed by atoms with van der Waals surface area (Å²) in [5, 5.41) is 3.84. The van der Waals surface area contributed by atoms with Crippen molar-refractivity contribution in [1.29, 1.82) is 0 Å². The first kappa shape index (κ1) is 13.6. The van der Waals surface area contributed by atoms with Gasteiger partial charge in [-0.1, -0.05) is 23.2 Å². The molecule has 0 saturated carbocycles. The molecule has 0 spiro atoms. The molecule has 0 aliphatic heterocycles. The molecule has 0 rings (SSSR count). The van der Waals surface area contributed by atoms with Crippen LogP contribution in [-0.4, -0.2) is 32.9 Å². The summed E-state index contributed by atoms with van der Waals surface area (Å²) in [6, 6.07) is -3.30. The van der Waals surface area contributed by atoms with Crippen LogP contribution in [0.1, 0.15) is 0 Å². The molecule has 0 saturated heterocycles. The predicted octanol–water partition coefficient (Wildman–Crippen LogP) is 1.74. The third kappa shape index (κ3) is 3.08. The molecule has 0 aromatic carbocycles. The molecule has 0 aliphatic carbocycles. The zero-order chi connectivity index (χ0) is 11.4. The molecule has 0 unspecified atom stereocenters. The summed E-state index contributed by atoms with van der Waals surface area (Å²) in [6.07, 6.45) is 0. The van der Waals surface area contributed by atoms with Crippen LogP contribution >= 0.6 is 23.2 Å². The van der Waals surface area contributed by atoms with E-state index in [1.165, 1.54) is 14.1 Å². The van der Waals surface area contributed by atoms with E-state index in [9.17, 15) is 8.78 Å². The van der Waals surface area contributed by atoms with Crippen LogP contribution < -0.4 is 10.6 Å². The van der Waals surface area contributed by atoms with Gasteiger partial charge in [0.1, 0.15) is 15.9 Å². The van der Waals surface area contributed by atoms with Gasteiger partial charge in [-0.3, -0.25) is 10.3 Å². The molecule has 0 bridgehead atoms. The highest BCUT2D eigenvalue weighted by molar-refractivity contribution is 6.49. The zero-order valence-electron chi connectivity index (χ0n) is 7.96. The maximum atomic E-state index is 13.1. The minimum atomic E-state index is -3.30. The van der Waals surface area contributed by atoms with Gasteiger partial charge in [-0.25, -0.2) is 0 Å². The first-order chi connectivity index (χ1) is 6.40. The highest BCUT2D eigenvalue weighted by Gasteiger charge is 2.36. The molecule has 0 amide bonds. The van der Waals surface area contributed by atoms with Crippen molar-refractivity contribution in [1.82, 2.24) is 10.6 Å². The maximum Gasteiger partial charge on any atom is 0.346 e. The van der Waals surface area contributed by atoms with Crippen molar-refractivity contribution in [3.05, 3.63) is 10.2 Å². The zero-order valence-corrected chi connectivity index (χ0v) is 9.47. The predicted molar refractivity (Wildman–Crippen MR) is 55.2 cm³/mol. The van der Waals surface area contributed by atoms with Gasteiger partial charge in [0.25, 0.3) is 0 Å². The monoisotopic (exact) mass is 245 g/mol. The molecule has 0 aliphatic rings. The molecule has 82 valence electrons. The molecule has 0 heterocycles. The highest BCUT2D eigenvalue weighted by Crippen LogP contribution is 2.23. The van der Waals surface area contributed by atoms with Crippen LogP contribution in [-0.2, 0) is 0 Å². The van der Waals surface area contributed by atoms with Crippen LogP contribution in [0, 0.1) is 0 Å². The van der Waals surface area contributed by atoms with E-state index in [-0.39, 0.29) is 10.2 Å². The molecule has 0 atom stereocenters. The lowest BCUT2D eigenvalue weighted by Crippen LogP contribution is -2.42. The molecule has 0 aromatic rings. The van der Waals surface area contributed by atoms with Crippen molar-refractivity contribution in [2.24, 2.45) is 4.99 Å². The average molecular weight is 246 g/mol. The summed E-state index contributed by atoms with van der Waals surface area (Å²) in [6.45, 7) is 0. The number of hydrogen-bond acceptors (Lipinski definition) is 3. The molecule has 0 fully saturated rings. The number of nitrogens with one attached hydrogen (secondary N) is 2. The number of aliphatic imine (C=N–C) groups is 1. The van der Waals surface area contributed by atoms with Crippen LogP contribution in [0.25, 0.3) is 0 Å². The SMILES string of the molecule is C/N=C(\C(Cl)=C(\Cl)NC)C(F)(F)NC. The Balaban J connectivity index is 5.14. The van der Waals surface area contributed by atoms with Crippen LogP contribution in [0.15, 0.2) is 15.2 Å². The van der Waals surface area contributed by atoms with Gasteiger partial charge in [-0.2, -0.15) is 8.78 Å². The topological polar surface area (TPSA) is 36.4 Å². The second-order valence-electron chi connectivity index (χ2n) is 2.27. The average Bonchev–Trinajstić information content (AvgIpc) is 2.17. The summed E-state index contributed by atoms with van der Waals surface area (Å²) < 4.78 is 26.2. The quantitative estimate of drug-likeness (QED) is 0.585. The number of hydrogen-bond donors (Lipinski definition) is 2. The van der Waals surface area contributed by atoms with Gasteiger partial charge in [0.2, 0.25) is 0 Å². The van der Waals surface area contributed by atoms with Gasteiger partial charge in [0.15, 0.2) is 0 Å². The molecule has 3 nitrogen and oxygen atoms in total. The largest absolute Gasteiger partial charge is 0.378 e. The Labute approximate surface area is 91.2 Å². The van der Waals surface area contributed by atoms with Crippen LogP contribution in [0.3, 0.4) is 0 Å². The Morgan fingerprint density at radius 3 is 2.07 bits per heavy atom. The van der Waals surface area contributed by atoms with E-state index in [2.05, 4.69) is 10.3 Å². The van der Waals surface area contributed by atoms with E-state index in [4.69, 9.17) is 23.2 Å². The van der Waals surface area contributed by atoms with Gasteiger partial charge in [-0.05, 0) is 7.05 Å². The van der Waals surface area contributed by atoms with Crippen molar-refractivity contribution < 1.29 is 8.78 Å². The maximum absolute atomic E-state index is 13.1. The Morgan fingerprint density at radius 1 is 1.29 bits per heavy atom. The number of halogens is 4. The molecular weight excluding hydrogens is 235 g/mol. The standard InChI is InChI=1S/C7H11Cl2F2N3/c1-12-5(7(10,11)14-3)4(8)6(9)13-2/h13-14H,1-3H3/b6-4+,12-5+. The summed E-state index contributed by atoms with van der Waals surface area (Å²) in [4.78, 5) is 3.39. The van der Waals surface area contributed by atoms with Crippen molar-refractivity contribution >= 4 is 28.9 Å². The van der Waals surface area contributed by atoms with E-state index in [0.717, 1.165) is 7.05 Å². The van der Waals surface area contributed by atoms with Crippen molar-refractivity contribution in [2.45, 2.75) is 6.05 Å². The first-order valence-electron chi connectivity index (χ1n) is 3.68. The molecule has 0 radical (unpaired) electrons. The van der Waals surface area contributed by atoms with E-state index in [1.54, 1.807) is 5.32 Å². The van der Waals surface area contributed by atoms with Crippen LogP contribution in [0.5, 0.6) is 0 Å².